The minimum atomic E-state index is -3.73. The fourth-order valence-electron chi connectivity index (χ4n) is 3.67. The van der Waals surface area contributed by atoms with Gasteiger partial charge in [0.1, 0.15) is 6.54 Å². The monoisotopic (exact) mass is 483 g/mol. The Hall–Kier alpha value is -1.80. The van der Waals surface area contributed by atoms with E-state index in [4.69, 9.17) is 23.2 Å². The number of nitrogens with one attached hydrogen (secondary N) is 1. The van der Waals surface area contributed by atoms with Crippen LogP contribution in [0.2, 0.25) is 10.0 Å². The zero-order valence-corrected chi connectivity index (χ0v) is 19.8. The molecule has 31 heavy (non-hydrogen) atoms. The molecule has 0 bridgehead atoms. The average Bonchev–Trinajstić information content (AvgIpc) is 2.73. The van der Waals surface area contributed by atoms with Crippen molar-refractivity contribution >= 4 is 44.8 Å². The Morgan fingerprint density at radius 3 is 2.45 bits per heavy atom. The molecular formula is C22H27Cl2N3O3S. The van der Waals surface area contributed by atoms with E-state index in [1.165, 1.54) is 30.9 Å². The Kier molecular flexibility index (Phi) is 8.22. The van der Waals surface area contributed by atoms with E-state index in [2.05, 4.69) is 22.3 Å². The SMILES string of the molecule is CS(=O)(=O)N(CC(=O)NCc1cccc(CN2CCCCC2)c1)c1cccc(Cl)c1Cl. The standard InChI is InChI=1S/C22H27Cl2N3O3S/c1-31(29,30)27(20-10-6-9-19(23)22(20)24)16-21(28)25-14-17-7-5-8-18(13-17)15-26-11-3-2-4-12-26/h5-10,13H,2-4,11-12,14-16H2,1H3,(H,25,28). The van der Waals surface area contributed by atoms with E-state index in [0.717, 1.165) is 35.8 Å². The van der Waals surface area contributed by atoms with E-state index in [1.54, 1.807) is 12.1 Å². The average molecular weight is 484 g/mol. The topological polar surface area (TPSA) is 69.7 Å². The quantitative estimate of drug-likeness (QED) is 0.614. The molecule has 1 fully saturated rings. The van der Waals surface area contributed by atoms with Crippen molar-refractivity contribution in [3.63, 3.8) is 0 Å². The molecule has 9 heteroatoms. The van der Waals surface area contributed by atoms with E-state index < -0.39 is 15.9 Å². The third-order valence-electron chi connectivity index (χ3n) is 5.22. The highest BCUT2D eigenvalue weighted by Gasteiger charge is 2.23. The second-order valence-corrected chi connectivity index (χ2v) is 10.5. The van der Waals surface area contributed by atoms with Gasteiger partial charge < -0.3 is 5.32 Å². The summed E-state index contributed by atoms with van der Waals surface area (Å²) in [7, 11) is -3.73. The summed E-state index contributed by atoms with van der Waals surface area (Å²) in [5, 5.41) is 3.11. The summed E-state index contributed by atoms with van der Waals surface area (Å²) >= 11 is 12.2. The van der Waals surface area contributed by atoms with Crippen molar-refractivity contribution in [1.82, 2.24) is 10.2 Å². The molecule has 168 valence electrons. The number of hydrogen-bond acceptors (Lipinski definition) is 4. The lowest BCUT2D eigenvalue weighted by Gasteiger charge is -2.26. The van der Waals surface area contributed by atoms with Crippen LogP contribution < -0.4 is 9.62 Å². The summed E-state index contributed by atoms with van der Waals surface area (Å²) in [6, 6.07) is 12.8. The third-order valence-corrected chi connectivity index (χ3v) is 7.16. The van der Waals surface area contributed by atoms with Gasteiger partial charge in [-0.05, 0) is 49.2 Å². The second kappa shape index (κ2) is 10.7. The number of piperidine rings is 1. The van der Waals surface area contributed by atoms with Gasteiger partial charge in [-0.2, -0.15) is 0 Å². The van der Waals surface area contributed by atoms with E-state index in [1.807, 2.05) is 12.1 Å². The van der Waals surface area contributed by atoms with Gasteiger partial charge in [-0.25, -0.2) is 8.42 Å². The van der Waals surface area contributed by atoms with E-state index in [-0.39, 0.29) is 22.3 Å². The van der Waals surface area contributed by atoms with Crippen molar-refractivity contribution < 1.29 is 13.2 Å². The van der Waals surface area contributed by atoms with Gasteiger partial charge in [0.15, 0.2) is 0 Å². The van der Waals surface area contributed by atoms with Crippen LogP contribution in [-0.4, -0.2) is 45.1 Å². The Balaban J connectivity index is 1.63. The fraction of sp³-hybridized carbons (Fsp3) is 0.409. The lowest BCUT2D eigenvalue weighted by atomic mass is 10.1. The summed E-state index contributed by atoms with van der Waals surface area (Å²) in [4.78, 5) is 15.0. The predicted molar refractivity (Wildman–Crippen MR) is 126 cm³/mol. The number of benzene rings is 2. The van der Waals surface area contributed by atoms with E-state index in [9.17, 15) is 13.2 Å². The number of hydrogen-bond donors (Lipinski definition) is 1. The molecule has 1 aliphatic rings. The van der Waals surface area contributed by atoms with Crippen LogP contribution in [0.1, 0.15) is 30.4 Å². The number of carbonyl (C=O) groups excluding carboxylic acids is 1. The largest absolute Gasteiger partial charge is 0.350 e. The number of amides is 1. The normalized spacial score (nSPS) is 14.9. The lowest BCUT2D eigenvalue weighted by Crippen LogP contribution is -2.40. The van der Waals surface area contributed by atoms with Crippen molar-refractivity contribution in [3.05, 3.63) is 63.6 Å². The van der Waals surface area contributed by atoms with Crippen LogP contribution in [0.3, 0.4) is 0 Å². The molecule has 1 saturated heterocycles. The molecule has 0 aromatic heterocycles. The molecule has 2 aromatic carbocycles. The van der Waals surface area contributed by atoms with Gasteiger partial charge in [-0.3, -0.25) is 14.0 Å². The summed E-state index contributed by atoms with van der Waals surface area (Å²) < 4.78 is 25.5. The number of anilines is 1. The highest BCUT2D eigenvalue weighted by Crippen LogP contribution is 2.33. The zero-order valence-electron chi connectivity index (χ0n) is 17.5. The molecule has 6 nitrogen and oxygen atoms in total. The first kappa shape index (κ1) is 23.9. The van der Waals surface area contributed by atoms with Gasteiger partial charge in [0.05, 0.1) is 22.0 Å². The summed E-state index contributed by atoms with van der Waals surface area (Å²) in [6.45, 7) is 3.07. The minimum absolute atomic E-state index is 0.0906. The molecule has 0 radical (unpaired) electrons. The van der Waals surface area contributed by atoms with Gasteiger partial charge in [-0.1, -0.05) is 60.0 Å². The number of nitrogens with zero attached hydrogens (tertiary/aromatic N) is 2. The zero-order chi connectivity index (χ0) is 22.4. The van der Waals surface area contributed by atoms with Gasteiger partial charge in [-0.15, -0.1) is 0 Å². The van der Waals surface area contributed by atoms with Crippen LogP contribution in [0.15, 0.2) is 42.5 Å². The predicted octanol–water partition coefficient (Wildman–Crippen LogP) is 4.06. The highest BCUT2D eigenvalue weighted by molar-refractivity contribution is 7.92. The van der Waals surface area contributed by atoms with Crippen molar-refractivity contribution in [2.24, 2.45) is 0 Å². The summed E-state index contributed by atoms with van der Waals surface area (Å²) in [5.41, 5.74) is 2.35. The van der Waals surface area contributed by atoms with Crippen LogP contribution in [0.5, 0.6) is 0 Å². The first-order valence-corrected chi connectivity index (χ1v) is 12.8. The molecule has 1 aliphatic heterocycles. The molecule has 0 atom stereocenters. The molecule has 1 heterocycles. The van der Waals surface area contributed by atoms with Crippen molar-refractivity contribution in [2.45, 2.75) is 32.4 Å². The fourth-order valence-corrected chi connectivity index (χ4v) is 4.98. The van der Waals surface area contributed by atoms with E-state index >= 15 is 0 Å². The summed E-state index contributed by atoms with van der Waals surface area (Å²) in [5.74, 6) is -0.428. The smallest absolute Gasteiger partial charge is 0.241 e. The number of rotatable bonds is 8. The number of sulfonamides is 1. The van der Waals surface area contributed by atoms with Crippen molar-refractivity contribution in [3.8, 4) is 0 Å². The maximum absolute atomic E-state index is 12.5. The molecule has 0 unspecified atom stereocenters. The molecule has 0 spiro atoms. The van der Waals surface area contributed by atoms with Crippen LogP contribution in [0.4, 0.5) is 5.69 Å². The Bertz CT molecular complexity index is 1020. The molecule has 3 rings (SSSR count). The molecule has 1 N–H and O–H groups in total. The summed E-state index contributed by atoms with van der Waals surface area (Å²) in [6.07, 6.45) is 4.81. The number of carbonyl (C=O) groups is 1. The van der Waals surface area contributed by atoms with Gasteiger partial charge in [0.25, 0.3) is 0 Å². The molecule has 2 aromatic rings. The van der Waals surface area contributed by atoms with Gasteiger partial charge >= 0.3 is 0 Å². The molecule has 1 amide bonds. The van der Waals surface area contributed by atoms with Crippen LogP contribution in [0.25, 0.3) is 0 Å². The highest BCUT2D eigenvalue weighted by atomic mass is 35.5. The maximum Gasteiger partial charge on any atom is 0.241 e. The van der Waals surface area contributed by atoms with Crippen molar-refractivity contribution in [1.29, 1.82) is 0 Å². The number of likely N-dealkylation sites (tertiary alicyclic amines) is 1. The Morgan fingerprint density at radius 1 is 1.06 bits per heavy atom. The van der Waals surface area contributed by atoms with Gasteiger partial charge in [0.2, 0.25) is 15.9 Å². The van der Waals surface area contributed by atoms with Crippen LogP contribution in [0, 0.1) is 0 Å². The lowest BCUT2D eigenvalue weighted by molar-refractivity contribution is -0.119. The van der Waals surface area contributed by atoms with Crippen LogP contribution in [-0.2, 0) is 27.9 Å². The first-order chi connectivity index (χ1) is 14.7. The first-order valence-electron chi connectivity index (χ1n) is 10.2. The second-order valence-electron chi connectivity index (χ2n) is 7.78. The number of halogens is 2. The maximum atomic E-state index is 12.5. The third kappa shape index (κ3) is 6.84. The Morgan fingerprint density at radius 2 is 1.74 bits per heavy atom. The van der Waals surface area contributed by atoms with E-state index in [0.29, 0.717) is 6.54 Å². The van der Waals surface area contributed by atoms with Crippen LogP contribution >= 0.6 is 23.2 Å². The van der Waals surface area contributed by atoms with Gasteiger partial charge in [0, 0.05) is 13.1 Å². The molecular weight excluding hydrogens is 457 g/mol. The minimum Gasteiger partial charge on any atom is -0.350 e. The molecule has 0 aliphatic carbocycles. The van der Waals surface area contributed by atoms with Crippen molar-refractivity contribution in [2.75, 3.05) is 30.2 Å². The Labute approximate surface area is 194 Å². The molecule has 0 saturated carbocycles.